The van der Waals surface area contributed by atoms with Crippen LogP contribution in [0.2, 0.25) is 0 Å². The summed E-state index contributed by atoms with van der Waals surface area (Å²) in [4.78, 5) is 10.7. The first-order chi connectivity index (χ1) is 9.49. The summed E-state index contributed by atoms with van der Waals surface area (Å²) in [7, 11) is 2.48. The van der Waals surface area contributed by atoms with E-state index in [0.717, 1.165) is 12.1 Å². The van der Waals surface area contributed by atoms with E-state index >= 15 is 0 Å². The fourth-order valence-corrected chi connectivity index (χ4v) is 1.65. The predicted octanol–water partition coefficient (Wildman–Crippen LogP) is 2.34. The van der Waals surface area contributed by atoms with E-state index in [1.807, 2.05) is 0 Å². The van der Waals surface area contributed by atoms with E-state index in [-0.39, 0.29) is 17.3 Å². The minimum atomic E-state index is -1.36. The van der Waals surface area contributed by atoms with Gasteiger partial charge in [-0.15, -0.1) is 0 Å². The lowest BCUT2D eigenvalue weighted by atomic mass is 10.1. The molecule has 0 aliphatic heterocycles. The number of aromatic carboxylic acids is 1. The van der Waals surface area contributed by atoms with Crippen molar-refractivity contribution >= 4 is 5.97 Å². The molecule has 6 nitrogen and oxygen atoms in total. The number of carboxylic acid groups (broad SMARTS) is 1. The van der Waals surface area contributed by atoms with E-state index in [2.05, 4.69) is 5.16 Å². The Hall–Kier alpha value is -2.64. The number of rotatable bonds is 4. The maximum absolute atomic E-state index is 13.9. The van der Waals surface area contributed by atoms with Crippen molar-refractivity contribution in [3.63, 3.8) is 0 Å². The average Bonchev–Trinajstić information content (AvgIpc) is 2.90. The molecule has 0 aliphatic carbocycles. The predicted molar refractivity (Wildman–Crippen MR) is 61.9 cm³/mol. The molecule has 1 N–H and O–H groups in total. The molecule has 0 atom stereocenters. The fourth-order valence-electron chi connectivity index (χ4n) is 1.65. The second-order valence-corrected chi connectivity index (χ2v) is 3.66. The van der Waals surface area contributed by atoms with Crippen molar-refractivity contribution in [3.05, 3.63) is 29.5 Å². The highest BCUT2D eigenvalue weighted by Crippen LogP contribution is 2.41. The van der Waals surface area contributed by atoms with Gasteiger partial charge in [0.2, 0.25) is 0 Å². The average molecular weight is 285 g/mol. The monoisotopic (exact) mass is 285 g/mol. The standard InChI is InChI=1S/C12H9F2NO5/c1-18-8-3-5(13)10(14)9(11(8)19-2)7-4-6(12(16)17)15-20-7/h3-4H,1-2H3,(H,16,17). The molecule has 2 aromatic rings. The van der Waals surface area contributed by atoms with Crippen molar-refractivity contribution < 1.29 is 32.7 Å². The van der Waals surface area contributed by atoms with Crippen molar-refractivity contribution in [3.8, 4) is 22.8 Å². The largest absolute Gasteiger partial charge is 0.493 e. The van der Waals surface area contributed by atoms with Gasteiger partial charge >= 0.3 is 5.97 Å². The summed E-state index contributed by atoms with van der Waals surface area (Å²) in [6.45, 7) is 0. The lowest BCUT2D eigenvalue weighted by Crippen LogP contribution is -1.99. The molecule has 0 saturated carbocycles. The summed E-state index contributed by atoms with van der Waals surface area (Å²) in [6, 6.07) is 1.77. The molecule has 1 heterocycles. The van der Waals surface area contributed by atoms with Gasteiger partial charge in [-0.3, -0.25) is 0 Å². The Morgan fingerprint density at radius 1 is 1.30 bits per heavy atom. The first-order valence-corrected chi connectivity index (χ1v) is 5.30. The van der Waals surface area contributed by atoms with Crippen LogP contribution < -0.4 is 9.47 Å². The lowest BCUT2D eigenvalue weighted by Gasteiger charge is -2.12. The SMILES string of the molecule is COc1cc(F)c(F)c(-c2cc(C(=O)O)no2)c1OC. The van der Waals surface area contributed by atoms with Crippen LogP contribution in [0.5, 0.6) is 11.5 Å². The van der Waals surface area contributed by atoms with Crippen LogP contribution in [0.1, 0.15) is 10.5 Å². The Labute approximate surface area is 111 Å². The number of hydrogen-bond acceptors (Lipinski definition) is 5. The van der Waals surface area contributed by atoms with Crippen molar-refractivity contribution in [1.29, 1.82) is 0 Å². The fraction of sp³-hybridized carbons (Fsp3) is 0.167. The molecule has 20 heavy (non-hydrogen) atoms. The first-order valence-electron chi connectivity index (χ1n) is 5.30. The topological polar surface area (TPSA) is 81.8 Å². The molecule has 106 valence electrons. The number of aromatic nitrogens is 1. The number of ether oxygens (including phenoxy) is 2. The van der Waals surface area contributed by atoms with Crippen LogP contribution in [0, 0.1) is 11.6 Å². The Bertz CT molecular complexity index is 668. The molecule has 0 spiro atoms. The molecule has 0 bridgehead atoms. The zero-order valence-electron chi connectivity index (χ0n) is 10.4. The number of carbonyl (C=O) groups is 1. The molecule has 0 saturated heterocycles. The van der Waals surface area contributed by atoms with Crippen LogP contribution in [0.3, 0.4) is 0 Å². The molecule has 2 rings (SSSR count). The van der Waals surface area contributed by atoms with Gasteiger partial charge in [0.25, 0.3) is 0 Å². The Morgan fingerprint density at radius 3 is 2.50 bits per heavy atom. The van der Waals surface area contributed by atoms with Crippen LogP contribution in [0.15, 0.2) is 16.7 Å². The number of benzene rings is 1. The normalized spacial score (nSPS) is 10.4. The molecule has 0 radical (unpaired) electrons. The summed E-state index contributed by atoms with van der Waals surface area (Å²) in [6.07, 6.45) is 0. The summed E-state index contributed by atoms with van der Waals surface area (Å²) in [5, 5.41) is 12.0. The molecule has 0 unspecified atom stereocenters. The zero-order valence-corrected chi connectivity index (χ0v) is 10.4. The third kappa shape index (κ3) is 2.15. The molecule has 1 aromatic heterocycles. The number of carboxylic acids is 1. The van der Waals surface area contributed by atoms with Crippen molar-refractivity contribution in [2.75, 3.05) is 14.2 Å². The van der Waals surface area contributed by atoms with Crippen LogP contribution in [0.25, 0.3) is 11.3 Å². The highest BCUT2D eigenvalue weighted by Gasteiger charge is 2.25. The summed E-state index contributed by atoms with van der Waals surface area (Å²) in [5.41, 5.74) is -0.839. The van der Waals surface area contributed by atoms with Crippen molar-refractivity contribution in [2.45, 2.75) is 0 Å². The molecular weight excluding hydrogens is 276 g/mol. The van der Waals surface area contributed by atoms with E-state index in [1.165, 1.54) is 14.2 Å². The van der Waals surface area contributed by atoms with Crippen molar-refractivity contribution in [1.82, 2.24) is 5.16 Å². The Morgan fingerprint density at radius 2 is 2.00 bits per heavy atom. The summed E-state index contributed by atoms with van der Waals surface area (Å²) in [5.74, 6) is -4.27. The van der Waals surface area contributed by atoms with Crippen LogP contribution in [-0.4, -0.2) is 30.5 Å². The molecular formula is C12H9F2NO5. The van der Waals surface area contributed by atoms with Crippen molar-refractivity contribution in [2.24, 2.45) is 0 Å². The van der Waals surface area contributed by atoms with E-state index in [4.69, 9.17) is 19.1 Å². The minimum absolute atomic E-state index is 0.0605. The van der Waals surface area contributed by atoms with Gasteiger partial charge in [-0.25, -0.2) is 13.6 Å². The lowest BCUT2D eigenvalue weighted by molar-refractivity contribution is 0.0686. The van der Waals surface area contributed by atoms with Crippen LogP contribution >= 0.6 is 0 Å². The maximum Gasteiger partial charge on any atom is 0.358 e. The van der Waals surface area contributed by atoms with E-state index in [1.54, 1.807) is 0 Å². The number of methoxy groups -OCH3 is 2. The van der Waals surface area contributed by atoms with Gasteiger partial charge in [0.05, 0.1) is 14.2 Å². The number of hydrogen-bond donors (Lipinski definition) is 1. The van der Waals surface area contributed by atoms with Gasteiger partial charge in [0.1, 0.15) is 5.56 Å². The Kier molecular flexibility index (Phi) is 3.55. The first kappa shape index (κ1) is 13.8. The van der Waals surface area contributed by atoms with Gasteiger partial charge < -0.3 is 19.1 Å². The molecule has 8 heteroatoms. The quantitative estimate of drug-likeness (QED) is 0.928. The van der Waals surface area contributed by atoms with E-state index in [9.17, 15) is 13.6 Å². The van der Waals surface area contributed by atoms with Crippen LogP contribution in [-0.2, 0) is 0 Å². The second kappa shape index (κ2) is 5.16. The number of nitrogens with zero attached hydrogens (tertiary/aromatic N) is 1. The van der Waals surface area contributed by atoms with Gasteiger partial charge in [-0.05, 0) is 0 Å². The van der Waals surface area contributed by atoms with Crippen LogP contribution in [0.4, 0.5) is 8.78 Å². The molecule has 0 fully saturated rings. The highest BCUT2D eigenvalue weighted by atomic mass is 19.2. The second-order valence-electron chi connectivity index (χ2n) is 3.66. The zero-order chi connectivity index (χ0) is 14.9. The Balaban J connectivity index is 2.70. The van der Waals surface area contributed by atoms with E-state index < -0.39 is 28.9 Å². The smallest absolute Gasteiger partial charge is 0.358 e. The third-order valence-corrected chi connectivity index (χ3v) is 2.54. The molecule has 1 aromatic carbocycles. The van der Waals surface area contributed by atoms with Gasteiger partial charge in [0, 0.05) is 12.1 Å². The summed E-state index contributed by atoms with van der Waals surface area (Å²) >= 11 is 0. The molecule has 0 amide bonds. The molecule has 0 aliphatic rings. The highest BCUT2D eigenvalue weighted by molar-refractivity contribution is 5.87. The van der Waals surface area contributed by atoms with E-state index in [0.29, 0.717) is 0 Å². The van der Waals surface area contributed by atoms with Gasteiger partial charge in [-0.1, -0.05) is 5.16 Å². The third-order valence-electron chi connectivity index (χ3n) is 2.54. The van der Waals surface area contributed by atoms with Gasteiger partial charge in [-0.2, -0.15) is 0 Å². The summed E-state index contributed by atoms with van der Waals surface area (Å²) < 4.78 is 42.0. The maximum atomic E-state index is 13.9. The van der Waals surface area contributed by atoms with Gasteiger partial charge in [0.15, 0.2) is 34.6 Å². The minimum Gasteiger partial charge on any atom is -0.493 e. The number of halogens is 2.